The second kappa shape index (κ2) is 5.00. The first-order valence-corrected chi connectivity index (χ1v) is 6.96. The van der Waals surface area contributed by atoms with Crippen LogP contribution in [0.3, 0.4) is 0 Å². The van der Waals surface area contributed by atoms with Crippen LogP contribution < -0.4 is 4.72 Å². The Balaban J connectivity index is 2.57. The molecule has 0 unspecified atom stereocenters. The number of ether oxygens (including phenoxy) is 1. The van der Waals surface area contributed by atoms with Crippen molar-refractivity contribution in [3.8, 4) is 0 Å². The highest BCUT2D eigenvalue weighted by Gasteiger charge is 2.46. The second-order valence-electron chi connectivity index (χ2n) is 4.99. The van der Waals surface area contributed by atoms with Crippen molar-refractivity contribution in [2.75, 3.05) is 19.8 Å². The molecule has 0 aromatic heterocycles. The lowest BCUT2D eigenvalue weighted by Gasteiger charge is -2.43. The summed E-state index contributed by atoms with van der Waals surface area (Å²) in [6, 6.07) is 0. The van der Waals surface area contributed by atoms with Gasteiger partial charge in [0.15, 0.2) is 0 Å². The molecule has 0 saturated carbocycles. The summed E-state index contributed by atoms with van der Waals surface area (Å²) in [7, 11) is -3.67. The van der Waals surface area contributed by atoms with Crippen LogP contribution in [0.15, 0.2) is 0 Å². The van der Waals surface area contributed by atoms with Crippen molar-refractivity contribution in [3.05, 3.63) is 0 Å². The van der Waals surface area contributed by atoms with E-state index in [1.807, 2.05) is 27.7 Å². The Kier molecular flexibility index (Phi) is 4.34. The van der Waals surface area contributed by atoms with Gasteiger partial charge in [-0.1, -0.05) is 27.7 Å². The molecule has 0 spiro atoms. The summed E-state index contributed by atoms with van der Waals surface area (Å²) >= 11 is 0. The van der Waals surface area contributed by atoms with Crippen molar-refractivity contribution < 1.29 is 17.3 Å². The zero-order chi connectivity index (χ0) is 12.4. The normalized spacial score (nSPS) is 20.1. The van der Waals surface area contributed by atoms with Crippen molar-refractivity contribution in [3.63, 3.8) is 0 Å². The molecule has 1 aliphatic heterocycles. The topological polar surface area (TPSA) is 64.6 Å². The fourth-order valence-electron chi connectivity index (χ4n) is 1.30. The van der Waals surface area contributed by atoms with Crippen LogP contribution in [0, 0.1) is 11.8 Å². The summed E-state index contributed by atoms with van der Waals surface area (Å²) in [4.78, 5) is 0. The summed E-state index contributed by atoms with van der Waals surface area (Å²) in [6.45, 7) is 8.80. The molecule has 0 aromatic carbocycles. The standard InChI is InChI=1S/C10H21NO4S/c1-8(2)5-11-16(12,13)15-10(9(3)4)6-14-7-10/h8-9,11H,5-7H2,1-4H3. The molecular weight excluding hydrogens is 230 g/mol. The first-order chi connectivity index (χ1) is 7.27. The van der Waals surface area contributed by atoms with Gasteiger partial charge >= 0.3 is 10.3 Å². The van der Waals surface area contributed by atoms with Gasteiger partial charge in [0.2, 0.25) is 0 Å². The SMILES string of the molecule is CC(C)CNS(=O)(=O)OC1(C(C)C)COC1. The smallest absolute Gasteiger partial charge is 0.336 e. The van der Waals surface area contributed by atoms with E-state index in [9.17, 15) is 8.42 Å². The quantitative estimate of drug-likeness (QED) is 0.762. The molecule has 1 rings (SSSR count). The van der Waals surface area contributed by atoms with E-state index in [4.69, 9.17) is 8.92 Å². The highest BCUT2D eigenvalue weighted by atomic mass is 32.2. The van der Waals surface area contributed by atoms with Crippen LogP contribution in [0.5, 0.6) is 0 Å². The Hall–Kier alpha value is -0.170. The summed E-state index contributed by atoms with van der Waals surface area (Å²) in [5.41, 5.74) is -0.678. The van der Waals surface area contributed by atoms with Gasteiger partial charge < -0.3 is 4.74 Å². The van der Waals surface area contributed by atoms with Crippen molar-refractivity contribution in [2.24, 2.45) is 11.8 Å². The van der Waals surface area contributed by atoms with Gasteiger partial charge in [0.05, 0.1) is 13.2 Å². The van der Waals surface area contributed by atoms with Crippen LogP contribution >= 0.6 is 0 Å². The lowest BCUT2D eigenvalue weighted by atomic mass is 9.89. The van der Waals surface area contributed by atoms with Crippen LogP contribution in [-0.2, 0) is 19.2 Å². The third-order valence-corrected chi connectivity index (χ3v) is 3.76. The zero-order valence-corrected chi connectivity index (χ0v) is 11.1. The monoisotopic (exact) mass is 251 g/mol. The van der Waals surface area contributed by atoms with Crippen LogP contribution in [0.1, 0.15) is 27.7 Å². The molecule has 0 amide bonds. The Morgan fingerprint density at radius 1 is 1.31 bits per heavy atom. The van der Waals surface area contributed by atoms with Gasteiger partial charge in [-0.25, -0.2) is 4.18 Å². The molecule has 1 heterocycles. The van der Waals surface area contributed by atoms with E-state index in [1.54, 1.807) is 0 Å². The summed E-state index contributed by atoms with van der Waals surface area (Å²) in [5, 5.41) is 0. The van der Waals surface area contributed by atoms with E-state index in [0.717, 1.165) is 0 Å². The van der Waals surface area contributed by atoms with Crippen LogP contribution in [0.25, 0.3) is 0 Å². The van der Waals surface area contributed by atoms with Crippen molar-refractivity contribution >= 4 is 10.3 Å². The lowest BCUT2D eigenvalue weighted by Crippen LogP contribution is -2.58. The number of hydrogen-bond donors (Lipinski definition) is 1. The Morgan fingerprint density at radius 3 is 2.19 bits per heavy atom. The molecule has 0 radical (unpaired) electrons. The Labute approximate surface area is 97.8 Å². The van der Waals surface area contributed by atoms with Crippen molar-refractivity contribution in [2.45, 2.75) is 33.3 Å². The van der Waals surface area contributed by atoms with Crippen molar-refractivity contribution in [1.29, 1.82) is 0 Å². The van der Waals surface area contributed by atoms with E-state index in [1.165, 1.54) is 0 Å². The minimum atomic E-state index is -3.67. The highest BCUT2D eigenvalue weighted by molar-refractivity contribution is 7.84. The van der Waals surface area contributed by atoms with Gasteiger partial charge in [-0.3, -0.25) is 0 Å². The van der Waals surface area contributed by atoms with Crippen molar-refractivity contribution in [1.82, 2.24) is 4.72 Å². The summed E-state index contributed by atoms with van der Waals surface area (Å²) in [6.07, 6.45) is 0. The average molecular weight is 251 g/mol. The summed E-state index contributed by atoms with van der Waals surface area (Å²) in [5.74, 6) is 0.364. The third-order valence-electron chi connectivity index (χ3n) is 2.69. The van der Waals surface area contributed by atoms with Gasteiger partial charge in [0.1, 0.15) is 5.60 Å². The number of nitrogens with one attached hydrogen (secondary N) is 1. The molecule has 96 valence electrons. The van der Waals surface area contributed by atoms with Gasteiger partial charge in [0, 0.05) is 6.54 Å². The van der Waals surface area contributed by atoms with Gasteiger partial charge in [-0.15, -0.1) is 0 Å². The molecule has 1 fully saturated rings. The maximum absolute atomic E-state index is 11.7. The largest absolute Gasteiger partial charge is 0.375 e. The lowest BCUT2D eigenvalue weighted by molar-refractivity contribution is -0.182. The second-order valence-corrected chi connectivity index (χ2v) is 6.36. The van der Waals surface area contributed by atoms with Crippen LogP contribution in [0.4, 0.5) is 0 Å². The molecule has 6 heteroatoms. The minimum absolute atomic E-state index is 0.108. The average Bonchev–Trinajstić information content (AvgIpc) is 2.08. The molecule has 5 nitrogen and oxygen atoms in total. The number of hydrogen-bond acceptors (Lipinski definition) is 4. The van der Waals surface area contributed by atoms with Gasteiger partial charge in [-0.2, -0.15) is 13.1 Å². The molecule has 0 atom stereocenters. The maximum Gasteiger partial charge on any atom is 0.336 e. The molecule has 16 heavy (non-hydrogen) atoms. The minimum Gasteiger partial charge on any atom is -0.375 e. The fourth-order valence-corrected chi connectivity index (χ4v) is 2.62. The molecule has 0 bridgehead atoms. The number of rotatable bonds is 6. The highest BCUT2D eigenvalue weighted by Crippen LogP contribution is 2.31. The Morgan fingerprint density at radius 2 is 1.88 bits per heavy atom. The molecule has 0 aromatic rings. The zero-order valence-electron chi connectivity index (χ0n) is 10.3. The molecule has 1 N–H and O–H groups in total. The molecular formula is C10H21NO4S. The van der Waals surface area contributed by atoms with Crippen LogP contribution in [0.2, 0.25) is 0 Å². The third kappa shape index (κ3) is 3.41. The van der Waals surface area contributed by atoms with Gasteiger partial charge in [0.25, 0.3) is 0 Å². The van der Waals surface area contributed by atoms with E-state index >= 15 is 0 Å². The van der Waals surface area contributed by atoms with E-state index < -0.39 is 15.9 Å². The van der Waals surface area contributed by atoms with E-state index in [-0.39, 0.29) is 11.8 Å². The van der Waals surface area contributed by atoms with Crippen LogP contribution in [-0.4, -0.2) is 33.8 Å². The first-order valence-electron chi connectivity index (χ1n) is 5.55. The van der Waals surface area contributed by atoms with E-state index in [0.29, 0.717) is 19.8 Å². The van der Waals surface area contributed by atoms with E-state index in [2.05, 4.69) is 4.72 Å². The maximum atomic E-state index is 11.7. The fraction of sp³-hybridized carbons (Fsp3) is 1.00. The molecule has 1 saturated heterocycles. The summed E-state index contributed by atoms with van der Waals surface area (Å²) < 4.78 is 36.0. The predicted molar refractivity (Wildman–Crippen MR) is 61.2 cm³/mol. The van der Waals surface area contributed by atoms with Gasteiger partial charge in [-0.05, 0) is 11.8 Å². The predicted octanol–water partition coefficient (Wildman–Crippen LogP) is 0.918. The first kappa shape index (κ1) is 13.9. The Bertz CT molecular complexity index is 320. The molecule has 1 aliphatic rings. The molecule has 0 aliphatic carbocycles.